The number of benzene rings is 1. The first-order valence-electron chi connectivity index (χ1n) is 7.11. The molecule has 0 aliphatic rings. The Balaban J connectivity index is 2.00. The van der Waals surface area contributed by atoms with Crippen LogP contribution in [-0.4, -0.2) is 33.5 Å². The number of carbonyl (C=O) groups is 2. The number of amides is 1. The number of hydrogen-bond donors (Lipinski definition) is 2. The van der Waals surface area contributed by atoms with Crippen LogP contribution in [0.2, 0.25) is 0 Å². The summed E-state index contributed by atoms with van der Waals surface area (Å²) in [6, 6.07) is 5.55. The van der Waals surface area contributed by atoms with Crippen LogP contribution < -0.4 is 5.32 Å². The van der Waals surface area contributed by atoms with Crippen LogP contribution in [0.4, 0.5) is 8.78 Å². The maximum atomic E-state index is 12.6. The molecule has 0 unspecified atom stereocenters. The zero-order valence-electron chi connectivity index (χ0n) is 12.8. The van der Waals surface area contributed by atoms with Crippen molar-refractivity contribution in [3.05, 3.63) is 58.7 Å². The molecule has 8 heteroatoms. The number of nitrogens with zero attached hydrogens (tertiary/aromatic N) is 2. The van der Waals surface area contributed by atoms with Crippen LogP contribution in [-0.2, 0) is 6.42 Å². The van der Waals surface area contributed by atoms with E-state index in [1.54, 1.807) is 6.92 Å². The second-order valence-electron chi connectivity index (χ2n) is 4.99. The first-order valence-corrected chi connectivity index (χ1v) is 7.11. The molecule has 0 saturated heterocycles. The molecule has 0 bridgehead atoms. The first kappa shape index (κ1) is 17.5. The number of rotatable bonds is 6. The highest BCUT2D eigenvalue weighted by atomic mass is 19.3. The van der Waals surface area contributed by atoms with Gasteiger partial charge in [0.05, 0.1) is 5.56 Å². The standard InChI is InChI=1S/C16H15F2N3O3/c1-9-10(3-2-4-11(9)16(23)24)15(22)20-8-6-13-19-7-5-12(21-13)14(17)18/h2-5,7,14H,6,8H2,1H3,(H,20,22)(H,23,24). The topological polar surface area (TPSA) is 92.2 Å². The number of alkyl halides is 2. The van der Waals surface area contributed by atoms with Crippen molar-refractivity contribution in [1.29, 1.82) is 0 Å². The summed E-state index contributed by atoms with van der Waals surface area (Å²) in [6.07, 6.45) is -1.25. The fourth-order valence-corrected chi connectivity index (χ4v) is 2.15. The van der Waals surface area contributed by atoms with Crippen LogP contribution in [0.3, 0.4) is 0 Å². The summed E-state index contributed by atoms with van der Waals surface area (Å²) in [7, 11) is 0. The molecule has 0 radical (unpaired) electrons. The minimum atomic E-state index is -2.68. The van der Waals surface area contributed by atoms with Crippen molar-refractivity contribution in [3.63, 3.8) is 0 Å². The van der Waals surface area contributed by atoms with Crippen molar-refractivity contribution in [2.24, 2.45) is 0 Å². The summed E-state index contributed by atoms with van der Waals surface area (Å²) in [4.78, 5) is 30.8. The number of nitrogens with one attached hydrogen (secondary N) is 1. The van der Waals surface area contributed by atoms with E-state index in [-0.39, 0.29) is 35.6 Å². The SMILES string of the molecule is Cc1c(C(=O)O)cccc1C(=O)NCCc1nccc(C(F)F)n1. The maximum Gasteiger partial charge on any atom is 0.335 e. The number of aromatic nitrogens is 2. The Morgan fingerprint density at radius 1 is 1.25 bits per heavy atom. The number of carboxylic acid groups (broad SMARTS) is 1. The molecular formula is C16H15F2N3O3. The number of carboxylic acids is 1. The van der Waals surface area contributed by atoms with Crippen LogP contribution in [0.15, 0.2) is 30.5 Å². The molecule has 2 aromatic rings. The average molecular weight is 335 g/mol. The van der Waals surface area contributed by atoms with Gasteiger partial charge in [0, 0.05) is 24.7 Å². The second-order valence-corrected chi connectivity index (χ2v) is 4.99. The molecule has 1 aromatic carbocycles. The third-order valence-electron chi connectivity index (χ3n) is 3.39. The molecule has 0 atom stereocenters. The molecule has 1 amide bonds. The van der Waals surface area contributed by atoms with E-state index in [1.807, 2.05) is 0 Å². The molecule has 0 saturated carbocycles. The molecule has 126 valence electrons. The lowest BCUT2D eigenvalue weighted by molar-refractivity contribution is 0.0696. The van der Waals surface area contributed by atoms with Crippen LogP contribution >= 0.6 is 0 Å². The van der Waals surface area contributed by atoms with Crippen LogP contribution in [0.25, 0.3) is 0 Å². The van der Waals surface area contributed by atoms with Crippen LogP contribution in [0.1, 0.15) is 44.2 Å². The van der Waals surface area contributed by atoms with Gasteiger partial charge >= 0.3 is 5.97 Å². The van der Waals surface area contributed by atoms with Crippen molar-refractivity contribution < 1.29 is 23.5 Å². The van der Waals surface area contributed by atoms with Crippen molar-refractivity contribution in [3.8, 4) is 0 Å². The van der Waals surface area contributed by atoms with E-state index in [0.29, 0.717) is 5.56 Å². The molecule has 1 aromatic heterocycles. The third kappa shape index (κ3) is 4.09. The number of aromatic carboxylic acids is 1. The largest absolute Gasteiger partial charge is 0.478 e. The van der Waals surface area contributed by atoms with Gasteiger partial charge in [0.1, 0.15) is 11.5 Å². The minimum absolute atomic E-state index is 0.0515. The summed E-state index contributed by atoms with van der Waals surface area (Å²) >= 11 is 0. The molecular weight excluding hydrogens is 320 g/mol. The van der Waals surface area contributed by atoms with Gasteiger partial charge in [0.2, 0.25) is 0 Å². The molecule has 1 heterocycles. The van der Waals surface area contributed by atoms with Gasteiger partial charge in [-0.25, -0.2) is 23.5 Å². The van der Waals surface area contributed by atoms with E-state index in [4.69, 9.17) is 5.11 Å². The summed E-state index contributed by atoms with van der Waals surface area (Å²) in [6.45, 7) is 1.69. The fraction of sp³-hybridized carbons (Fsp3) is 0.250. The maximum absolute atomic E-state index is 12.6. The number of hydrogen-bond acceptors (Lipinski definition) is 4. The van der Waals surface area contributed by atoms with Crippen LogP contribution in [0, 0.1) is 6.92 Å². The monoisotopic (exact) mass is 335 g/mol. The fourth-order valence-electron chi connectivity index (χ4n) is 2.15. The first-order chi connectivity index (χ1) is 11.4. The quantitative estimate of drug-likeness (QED) is 0.846. The minimum Gasteiger partial charge on any atom is -0.478 e. The van der Waals surface area contributed by atoms with Crippen molar-refractivity contribution >= 4 is 11.9 Å². The summed E-state index contributed by atoms with van der Waals surface area (Å²) in [5.74, 6) is -1.36. The lowest BCUT2D eigenvalue weighted by Crippen LogP contribution is -2.27. The van der Waals surface area contributed by atoms with E-state index in [0.717, 1.165) is 6.07 Å². The Kier molecular flexibility index (Phi) is 5.51. The molecule has 0 fully saturated rings. The lowest BCUT2D eigenvalue weighted by atomic mass is 10.0. The Morgan fingerprint density at radius 3 is 2.62 bits per heavy atom. The van der Waals surface area contributed by atoms with E-state index >= 15 is 0 Å². The van der Waals surface area contributed by atoms with E-state index in [1.165, 1.54) is 24.4 Å². The normalized spacial score (nSPS) is 10.7. The van der Waals surface area contributed by atoms with Gasteiger partial charge in [-0.15, -0.1) is 0 Å². The highest BCUT2D eigenvalue weighted by Crippen LogP contribution is 2.15. The van der Waals surface area contributed by atoms with Gasteiger partial charge in [0.15, 0.2) is 0 Å². The Morgan fingerprint density at radius 2 is 1.96 bits per heavy atom. The van der Waals surface area contributed by atoms with Gasteiger partial charge in [-0.3, -0.25) is 4.79 Å². The Hall–Kier alpha value is -2.90. The van der Waals surface area contributed by atoms with E-state index in [2.05, 4.69) is 15.3 Å². The van der Waals surface area contributed by atoms with Gasteiger partial charge < -0.3 is 10.4 Å². The Bertz CT molecular complexity index is 766. The van der Waals surface area contributed by atoms with Crippen molar-refractivity contribution in [2.45, 2.75) is 19.8 Å². The van der Waals surface area contributed by atoms with Crippen LogP contribution in [0.5, 0.6) is 0 Å². The molecule has 2 rings (SSSR count). The highest BCUT2D eigenvalue weighted by molar-refractivity contribution is 5.99. The smallest absolute Gasteiger partial charge is 0.335 e. The molecule has 2 N–H and O–H groups in total. The predicted molar refractivity (Wildman–Crippen MR) is 81.2 cm³/mol. The van der Waals surface area contributed by atoms with Crippen molar-refractivity contribution in [1.82, 2.24) is 15.3 Å². The van der Waals surface area contributed by atoms with Gasteiger partial charge in [-0.05, 0) is 30.7 Å². The van der Waals surface area contributed by atoms with Gasteiger partial charge in [-0.2, -0.15) is 0 Å². The average Bonchev–Trinajstić information content (AvgIpc) is 2.54. The highest BCUT2D eigenvalue weighted by Gasteiger charge is 2.15. The zero-order chi connectivity index (χ0) is 17.7. The van der Waals surface area contributed by atoms with E-state index < -0.39 is 18.3 Å². The van der Waals surface area contributed by atoms with Gasteiger partial charge in [0.25, 0.3) is 12.3 Å². The predicted octanol–water partition coefficient (Wildman–Crippen LogP) is 2.39. The molecule has 0 spiro atoms. The molecule has 0 aliphatic carbocycles. The molecule has 6 nitrogen and oxygen atoms in total. The third-order valence-corrected chi connectivity index (χ3v) is 3.39. The van der Waals surface area contributed by atoms with E-state index in [9.17, 15) is 18.4 Å². The van der Waals surface area contributed by atoms with Gasteiger partial charge in [-0.1, -0.05) is 6.07 Å². The van der Waals surface area contributed by atoms with Crippen molar-refractivity contribution in [2.75, 3.05) is 6.54 Å². The molecule has 0 aliphatic heterocycles. The second kappa shape index (κ2) is 7.58. The summed E-state index contributed by atoms with van der Waals surface area (Å²) in [5.41, 5.74) is 0.294. The summed E-state index contributed by atoms with van der Waals surface area (Å²) < 4.78 is 25.1. The Labute approximate surface area is 136 Å². The number of carbonyl (C=O) groups excluding carboxylic acids is 1. The summed E-state index contributed by atoms with van der Waals surface area (Å²) in [5, 5.41) is 11.7. The lowest BCUT2D eigenvalue weighted by Gasteiger charge is -2.09. The number of halogens is 2. The zero-order valence-corrected chi connectivity index (χ0v) is 12.8. The molecule has 24 heavy (non-hydrogen) atoms.